The van der Waals surface area contributed by atoms with Crippen molar-refractivity contribution in [3.8, 4) is 0 Å². The molecule has 0 aliphatic rings. The first-order valence-electron chi connectivity index (χ1n) is 7.39. The summed E-state index contributed by atoms with van der Waals surface area (Å²) in [6.07, 6.45) is 0. The Kier molecular flexibility index (Phi) is 1.97. The van der Waals surface area contributed by atoms with E-state index >= 15 is 0 Å². The van der Waals surface area contributed by atoms with Crippen LogP contribution in [0.4, 0.5) is 0 Å². The van der Waals surface area contributed by atoms with E-state index in [1.54, 1.807) is 0 Å². The van der Waals surface area contributed by atoms with E-state index in [1.165, 1.54) is 48.7 Å². The Morgan fingerprint density at radius 3 is 2.19 bits per heavy atom. The molecule has 0 heteroatoms. The van der Waals surface area contributed by atoms with Gasteiger partial charge in [-0.2, -0.15) is 0 Å². The van der Waals surface area contributed by atoms with Crippen molar-refractivity contribution < 1.29 is 0 Å². The molecule has 0 radical (unpaired) electrons. The lowest BCUT2D eigenvalue weighted by Crippen LogP contribution is -1.88. The van der Waals surface area contributed by atoms with Gasteiger partial charge in [-0.1, -0.05) is 60.7 Å². The van der Waals surface area contributed by atoms with Crippen LogP contribution in [-0.2, 0) is 0 Å². The molecule has 5 aromatic carbocycles. The molecule has 0 aliphatic carbocycles. The van der Waals surface area contributed by atoms with Crippen molar-refractivity contribution in [1.82, 2.24) is 0 Å². The highest BCUT2D eigenvalue weighted by atomic mass is 14.1. The van der Waals surface area contributed by atoms with Crippen LogP contribution in [0.1, 0.15) is 5.56 Å². The summed E-state index contributed by atoms with van der Waals surface area (Å²) in [5.41, 5.74) is 1.36. The van der Waals surface area contributed by atoms with E-state index < -0.39 is 0 Å². The molecule has 0 aromatic heterocycles. The smallest absolute Gasteiger partial charge is 0.00202 e. The van der Waals surface area contributed by atoms with Crippen molar-refractivity contribution in [2.75, 3.05) is 0 Å². The van der Waals surface area contributed by atoms with Gasteiger partial charge in [-0.25, -0.2) is 0 Å². The summed E-state index contributed by atoms with van der Waals surface area (Å²) in [6.45, 7) is 2.22. The number of rotatable bonds is 0. The second-order valence-electron chi connectivity index (χ2n) is 5.91. The lowest BCUT2D eigenvalue weighted by molar-refractivity contribution is 1.56. The number of hydrogen-bond acceptors (Lipinski definition) is 0. The van der Waals surface area contributed by atoms with Crippen LogP contribution in [0, 0.1) is 6.92 Å². The molecule has 0 heterocycles. The quantitative estimate of drug-likeness (QED) is 0.236. The van der Waals surface area contributed by atoms with E-state index in [4.69, 9.17) is 0 Å². The molecule has 0 saturated carbocycles. The average Bonchev–Trinajstić information content (AvgIpc) is 2.53. The molecule has 5 rings (SSSR count). The second-order valence-corrected chi connectivity index (χ2v) is 5.91. The molecule has 0 spiro atoms. The van der Waals surface area contributed by atoms with Gasteiger partial charge in [0.25, 0.3) is 0 Å². The standard InChI is InChI=1S/C21H14/c1-13-11-19-18-7-3-2-5-15(18)12-16-10-9-14-6-4-8-17(13)20(14)21(16)19/h2-12H,1H3. The molecular weight excluding hydrogens is 252 g/mol. The van der Waals surface area contributed by atoms with Crippen LogP contribution in [0.2, 0.25) is 0 Å². The normalized spacial score (nSPS) is 12.0. The zero-order valence-electron chi connectivity index (χ0n) is 11.9. The van der Waals surface area contributed by atoms with Gasteiger partial charge in [0.05, 0.1) is 0 Å². The SMILES string of the molecule is Cc1cc2c3ccccc3cc3ccc4cccc1c4c32. The highest BCUT2D eigenvalue weighted by molar-refractivity contribution is 6.29. The first kappa shape index (κ1) is 11.1. The fraction of sp³-hybridized carbons (Fsp3) is 0.0476. The zero-order valence-corrected chi connectivity index (χ0v) is 11.9. The van der Waals surface area contributed by atoms with Crippen LogP contribution < -0.4 is 0 Å². The minimum absolute atomic E-state index is 1.32. The van der Waals surface area contributed by atoms with Crippen molar-refractivity contribution in [3.05, 3.63) is 72.3 Å². The summed E-state index contributed by atoms with van der Waals surface area (Å²) in [5, 5.41) is 10.9. The van der Waals surface area contributed by atoms with E-state index in [2.05, 4.69) is 73.7 Å². The molecule has 0 N–H and O–H groups in total. The van der Waals surface area contributed by atoms with E-state index in [0.717, 1.165) is 0 Å². The highest BCUT2D eigenvalue weighted by Gasteiger charge is 2.12. The Bertz CT molecular complexity index is 1130. The molecule has 0 unspecified atom stereocenters. The summed E-state index contributed by atoms with van der Waals surface area (Å²) in [7, 11) is 0. The fourth-order valence-corrected chi connectivity index (χ4v) is 3.75. The van der Waals surface area contributed by atoms with Crippen molar-refractivity contribution in [2.24, 2.45) is 0 Å². The van der Waals surface area contributed by atoms with Gasteiger partial charge in [-0.05, 0) is 61.6 Å². The molecule has 98 valence electrons. The fourth-order valence-electron chi connectivity index (χ4n) is 3.75. The molecule has 0 amide bonds. The largest absolute Gasteiger partial charge is 0.0616 e. The topological polar surface area (TPSA) is 0 Å². The van der Waals surface area contributed by atoms with Crippen molar-refractivity contribution >= 4 is 43.1 Å². The summed E-state index contributed by atoms with van der Waals surface area (Å²) >= 11 is 0. The number of aryl methyl sites for hydroxylation is 1. The molecule has 0 saturated heterocycles. The highest BCUT2D eigenvalue weighted by Crippen LogP contribution is 2.39. The maximum absolute atomic E-state index is 2.35. The van der Waals surface area contributed by atoms with Crippen LogP contribution in [0.25, 0.3) is 43.1 Å². The maximum atomic E-state index is 2.35. The Morgan fingerprint density at radius 2 is 1.24 bits per heavy atom. The minimum atomic E-state index is 1.32. The Labute approximate surface area is 123 Å². The van der Waals surface area contributed by atoms with Gasteiger partial charge in [0.15, 0.2) is 0 Å². The van der Waals surface area contributed by atoms with Crippen LogP contribution >= 0.6 is 0 Å². The molecule has 0 nitrogen and oxygen atoms in total. The van der Waals surface area contributed by atoms with E-state index in [9.17, 15) is 0 Å². The van der Waals surface area contributed by atoms with E-state index in [1.807, 2.05) is 0 Å². The van der Waals surface area contributed by atoms with Gasteiger partial charge in [0.1, 0.15) is 0 Å². The van der Waals surface area contributed by atoms with Gasteiger partial charge in [0.2, 0.25) is 0 Å². The summed E-state index contributed by atoms with van der Waals surface area (Å²) < 4.78 is 0. The van der Waals surface area contributed by atoms with Gasteiger partial charge in [0, 0.05) is 0 Å². The molecule has 0 fully saturated rings. The summed E-state index contributed by atoms with van der Waals surface area (Å²) in [4.78, 5) is 0. The Balaban J connectivity index is 2.25. The third-order valence-electron chi connectivity index (χ3n) is 4.69. The average molecular weight is 266 g/mol. The first-order chi connectivity index (χ1) is 10.3. The van der Waals surface area contributed by atoms with Crippen LogP contribution in [0.15, 0.2) is 66.7 Å². The molecule has 21 heavy (non-hydrogen) atoms. The first-order valence-corrected chi connectivity index (χ1v) is 7.39. The molecule has 0 atom stereocenters. The lowest BCUT2D eigenvalue weighted by atomic mass is 9.89. The lowest BCUT2D eigenvalue weighted by Gasteiger charge is -2.14. The van der Waals surface area contributed by atoms with E-state index in [-0.39, 0.29) is 0 Å². The van der Waals surface area contributed by atoms with Crippen molar-refractivity contribution in [3.63, 3.8) is 0 Å². The predicted octanol–water partition coefficient (Wildman–Crippen LogP) is 6.05. The number of fused-ring (bicyclic) bond motifs is 2. The Hall–Kier alpha value is -2.60. The number of benzene rings is 5. The summed E-state index contributed by atoms with van der Waals surface area (Å²) in [5.74, 6) is 0. The van der Waals surface area contributed by atoms with E-state index in [0.29, 0.717) is 0 Å². The second kappa shape index (κ2) is 3.73. The van der Waals surface area contributed by atoms with Crippen LogP contribution in [0.5, 0.6) is 0 Å². The van der Waals surface area contributed by atoms with Crippen LogP contribution in [-0.4, -0.2) is 0 Å². The maximum Gasteiger partial charge on any atom is -0.00202 e. The van der Waals surface area contributed by atoms with Crippen molar-refractivity contribution in [1.29, 1.82) is 0 Å². The van der Waals surface area contributed by atoms with Gasteiger partial charge < -0.3 is 0 Å². The number of hydrogen-bond donors (Lipinski definition) is 0. The van der Waals surface area contributed by atoms with Gasteiger partial charge >= 0.3 is 0 Å². The Morgan fingerprint density at radius 1 is 0.524 bits per heavy atom. The minimum Gasteiger partial charge on any atom is -0.0616 e. The molecular formula is C21H14. The molecule has 0 aliphatic heterocycles. The third-order valence-corrected chi connectivity index (χ3v) is 4.69. The summed E-state index contributed by atoms with van der Waals surface area (Å²) in [6, 6.07) is 24.5. The zero-order chi connectivity index (χ0) is 14.0. The van der Waals surface area contributed by atoms with Crippen molar-refractivity contribution in [2.45, 2.75) is 6.92 Å². The predicted molar refractivity (Wildman–Crippen MR) is 92.4 cm³/mol. The monoisotopic (exact) mass is 266 g/mol. The van der Waals surface area contributed by atoms with Gasteiger partial charge in [-0.15, -0.1) is 0 Å². The third kappa shape index (κ3) is 1.34. The molecule has 5 aromatic rings. The van der Waals surface area contributed by atoms with Crippen LogP contribution in [0.3, 0.4) is 0 Å². The van der Waals surface area contributed by atoms with Gasteiger partial charge in [-0.3, -0.25) is 0 Å². The molecule has 0 bridgehead atoms.